The third-order valence-electron chi connectivity index (χ3n) is 3.67. The minimum atomic E-state index is -0.222. The molecule has 1 aliphatic heterocycles. The molecule has 2 rings (SSSR count). The number of carbonyl (C=O) groups excluding carboxylic acids is 2. The summed E-state index contributed by atoms with van der Waals surface area (Å²) in [6, 6.07) is 9.20. The Hall–Kier alpha value is -1.88. The van der Waals surface area contributed by atoms with Crippen molar-refractivity contribution in [1.82, 2.24) is 10.2 Å². The van der Waals surface area contributed by atoms with E-state index in [0.717, 1.165) is 12.8 Å². The summed E-state index contributed by atoms with van der Waals surface area (Å²) in [6.45, 7) is 2.70. The summed E-state index contributed by atoms with van der Waals surface area (Å²) in [5.74, 6) is -0.269. The van der Waals surface area contributed by atoms with Gasteiger partial charge < -0.3 is 16.0 Å². The van der Waals surface area contributed by atoms with Crippen molar-refractivity contribution in [1.29, 1.82) is 0 Å². The Balaban J connectivity index is 1.85. The number of nitrogens with zero attached hydrogens (tertiary/aromatic N) is 1. The molecule has 0 radical (unpaired) electrons. The van der Waals surface area contributed by atoms with Crippen LogP contribution in [0.1, 0.15) is 30.1 Å². The summed E-state index contributed by atoms with van der Waals surface area (Å²) in [5, 5.41) is 2.67. The van der Waals surface area contributed by atoms with Crippen LogP contribution in [0.25, 0.3) is 0 Å². The van der Waals surface area contributed by atoms with Gasteiger partial charge in [0, 0.05) is 24.2 Å². The lowest BCUT2D eigenvalue weighted by Gasteiger charge is -2.36. The van der Waals surface area contributed by atoms with Crippen molar-refractivity contribution in [3.63, 3.8) is 0 Å². The molecule has 0 spiro atoms. The van der Waals surface area contributed by atoms with Gasteiger partial charge in [0.25, 0.3) is 5.91 Å². The fourth-order valence-corrected chi connectivity index (χ4v) is 2.53. The summed E-state index contributed by atoms with van der Waals surface area (Å²) < 4.78 is 0. The number of amides is 2. The van der Waals surface area contributed by atoms with E-state index >= 15 is 0 Å². The maximum absolute atomic E-state index is 12.1. The minimum absolute atomic E-state index is 0.0350. The Morgan fingerprint density at radius 1 is 1.35 bits per heavy atom. The molecule has 2 atom stereocenters. The van der Waals surface area contributed by atoms with Crippen molar-refractivity contribution in [3.05, 3.63) is 35.9 Å². The second-order valence-electron chi connectivity index (χ2n) is 5.27. The molecule has 0 aliphatic carbocycles. The number of piperidine rings is 1. The Kier molecular flexibility index (Phi) is 4.74. The van der Waals surface area contributed by atoms with E-state index in [4.69, 9.17) is 5.73 Å². The van der Waals surface area contributed by atoms with Crippen LogP contribution in [0.15, 0.2) is 30.3 Å². The van der Waals surface area contributed by atoms with Crippen LogP contribution in [0.5, 0.6) is 0 Å². The Bertz CT molecular complexity index is 475. The molecule has 0 bridgehead atoms. The van der Waals surface area contributed by atoms with Crippen molar-refractivity contribution in [2.24, 2.45) is 5.73 Å². The molecule has 1 aromatic rings. The summed E-state index contributed by atoms with van der Waals surface area (Å²) in [6.07, 6.45) is 1.64. The van der Waals surface area contributed by atoms with Crippen molar-refractivity contribution in [2.75, 3.05) is 13.1 Å². The van der Waals surface area contributed by atoms with Gasteiger partial charge in [-0.2, -0.15) is 0 Å². The zero-order chi connectivity index (χ0) is 14.5. The lowest BCUT2D eigenvalue weighted by Crippen LogP contribution is -2.51. The van der Waals surface area contributed by atoms with Crippen LogP contribution in [0.2, 0.25) is 0 Å². The first kappa shape index (κ1) is 14.5. The predicted octanol–water partition coefficient (Wildman–Crippen LogP) is 0.755. The highest BCUT2D eigenvalue weighted by Gasteiger charge is 2.26. The van der Waals surface area contributed by atoms with Crippen LogP contribution in [0.4, 0.5) is 0 Å². The number of carbonyl (C=O) groups is 2. The van der Waals surface area contributed by atoms with Gasteiger partial charge in [-0.25, -0.2) is 0 Å². The highest BCUT2D eigenvalue weighted by molar-refractivity contribution is 5.96. The average Bonchev–Trinajstić information content (AvgIpc) is 2.45. The quantitative estimate of drug-likeness (QED) is 0.855. The van der Waals surface area contributed by atoms with Crippen LogP contribution in [-0.4, -0.2) is 41.9 Å². The first-order chi connectivity index (χ1) is 9.58. The lowest BCUT2D eigenvalue weighted by atomic mass is 9.99. The number of nitrogens with one attached hydrogen (secondary N) is 1. The van der Waals surface area contributed by atoms with Crippen molar-refractivity contribution in [2.45, 2.75) is 31.8 Å². The van der Waals surface area contributed by atoms with E-state index in [2.05, 4.69) is 5.32 Å². The summed E-state index contributed by atoms with van der Waals surface area (Å²) in [5.41, 5.74) is 6.44. The lowest BCUT2D eigenvalue weighted by molar-refractivity contribution is -0.133. The van der Waals surface area contributed by atoms with Crippen LogP contribution < -0.4 is 11.1 Å². The molecular formula is C15H21N3O2. The summed E-state index contributed by atoms with van der Waals surface area (Å²) in [7, 11) is 0. The molecule has 5 nitrogen and oxygen atoms in total. The van der Waals surface area contributed by atoms with Gasteiger partial charge in [0.1, 0.15) is 0 Å². The number of likely N-dealkylation sites (tertiary alicyclic amines) is 1. The van der Waals surface area contributed by atoms with Crippen molar-refractivity contribution < 1.29 is 9.59 Å². The smallest absolute Gasteiger partial charge is 0.251 e. The normalized spacial score (nSPS) is 22.4. The van der Waals surface area contributed by atoms with Crippen LogP contribution >= 0.6 is 0 Å². The van der Waals surface area contributed by atoms with Crippen molar-refractivity contribution in [3.8, 4) is 0 Å². The number of nitrogens with two attached hydrogens (primary N) is 1. The van der Waals surface area contributed by atoms with E-state index in [-0.39, 0.29) is 30.4 Å². The molecular weight excluding hydrogens is 254 g/mol. The molecule has 1 fully saturated rings. The van der Waals surface area contributed by atoms with Gasteiger partial charge in [0.05, 0.1) is 6.54 Å². The SMILES string of the molecule is CC1CC(N)CCN1C(=O)CNC(=O)c1ccccc1. The number of hydrogen-bond donors (Lipinski definition) is 2. The highest BCUT2D eigenvalue weighted by atomic mass is 16.2. The molecule has 108 valence electrons. The molecule has 2 amide bonds. The predicted molar refractivity (Wildman–Crippen MR) is 77.2 cm³/mol. The van der Waals surface area contributed by atoms with E-state index in [1.807, 2.05) is 13.0 Å². The fourth-order valence-electron chi connectivity index (χ4n) is 2.53. The van der Waals surface area contributed by atoms with Crippen LogP contribution in [-0.2, 0) is 4.79 Å². The average molecular weight is 275 g/mol. The zero-order valence-electron chi connectivity index (χ0n) is 11.7. The van der Waals surface area contributed by atoms with Gasteiger partial charge in [-0.1, -0.05) is 18.2 Å². The second kappa shape index (κ2) is 6.52. The van der Waals surface area contributed by atoms with E-state index < -0.39 is 0 Å². The molecule has 0 saturated carbocycles. The fraction of sp³-hybridized carbons (Fsp3) is 0.467. The van der Waals surface area contributed by atoms with Crippen molar-refractivity contribution >= 4 is 11.8 Å². The first-order valence-corrected chi connectivity index (χ1v) is 6.96. The van der Waals surface area contributed by atoms with Gasteiger partial charge in [-0.05, 0) is 31.9 Å². The Labute approximate surface area is 119 Å². The zero-order valence-corrected chi connectivity index (χ0v) is 11.7. The van der Waals surface area contributed by atoms with Gasteiger partial charge in [-0.15, -0.1) is 0 Å². The summed E-state index contributed by atoms with van der Waals surface area (Å²) >= 11 is 0. The standard InChI is InChI=1S/C15H21N3O2/c1-11-9-13(16)7-8-18(11)14(19)10-17-15(20)12-5-3-2-4-6-12/h2-6,11,13H,7-10,16H2,1H3,(H,17,20). The van der Waals surface area contributed by atoms with E-state index in [1.54, 1.807) is 29.2 Å². The number of benzene rings is 1. The Morgan fingerprint density at radius 3 is 2.70 bits per heavy atom. The molecule has 2 unspecified atom stereocenters. The van der Waals surface area contributed by atoms with Gasteiger partial charge >= 0.3 is 0 Å². The largest absolute Gasteiger partial charge is 0.343 e. The van der Waals surface area contributed by atoms with E-state index in [1.165, 1.54) is 0 Å². The third-order valence-corrected chi connectivity index (χ3v) is 3.67. The highest BCUT2D eigenvalue weighted by Crippen LogP contribution is 2.15. The first-order valence-electron chi connectivity index (χ1n) is 6.96. The van der Waals surface area contributed by atoms with E-state index in [0.29, 0.717) is 12.1 Å². The topological polar surface area (TPSA) is 75.4 Å². The molecule has 3 N–H and O–H groups in total. The molecule has 0 aromatic heterocycles. The maximum Gasteiger partial charge on any atom is 0.251 e. The van der Waals surface area contributed by atoms with Crippen LogP contribution in [0, 0.1) is 0 Å². The monoisotopic (exact) mass is 275 g/mol. The van der Waals surface area contributed by atoms with Gasteiger partial charge in [0.15, 0.2) is 0 Å². The third kappa shape index (κ3) is 3.57. The molecule has 1 aliphatic rings. The Morgan fingerprint density at radius 2 is 2.05 bits per heavy atom. The molecule has 1 aromatic carbocycles. The molecule has 20 heavy (non-hydrogen) atoms. The van der Waals surface area contributed by atoms with Gasteiger partial charge in [-0.3, -0.25) is 9.59 Å². The van der Waals surface area contributed by atoms with E-state index in [9.17, 15) is 9.59 Å². The molecule has 5 heteroatoms. The molecule has 1 saturated heterocycles. The number of hydrogen-bond acceptors (Lipinski definition) is 3. The maximum atomic E-state index is 12.1. The number of rotatable bonds is 3. The summed E-state index contributed by atoms with van der Waals surface area (Å²) in [4.78, 5) is 25.8. The minimum Gasteiger partial charge on any atom is -0.343 e. The van der Waals surface area contributed by atoms with Crippen LogP contribution in [0.3, 0.4) is 0 Å². The van der Waals surface area contributed by atoms with Gasteiger partial charge in [0.2, 0.25) is 5.91 Å². The molecule has 1 heterocycles. The second-order valence-corrected chi connectivity index (χ2v) is 5.27.